The van der Waals surface area contributed by atoms with E-state index in [-0.39, 0.29) is 12.5 Å². The maximum absolute atomic E-state index is 12.4. The molecule has 1 aromatic heterocycles. The Kier molecular flexibility index (Phi) is 5.60. The lowest BCUT2D eigenvalue weighted by molar-refractivity contribution is -0.138. The number of hydrogen-bond donors (Lipinski definition) is 0. The van der Waals surface area contributed by atoms with Crippen molar-refractivity contribution in [3.05, 3.63) is 23.9 Å². The van der Waals surface area contributed by atoms with Crippen molar-refractivity contribution in [2.75, 3.05) is 64.1 Å². The van der Waals surface area contributed by atoms with E-state index < -0.39 is 5.97 Å². The molecule has 1 amide bonds. The number of pyridine rings is 1. The average molecular weight is 335 g/mol. The molecule has 2 saturated heterocycles. The van der Waals surface area contributed by atoms with Gasteiger partial charge in [-0.05, 0) is 12.1 Å². The van der Waals surface area contributed by atoms with Crippen LogP contribution < -0.4 is 4.90 Å². The van der Waals surface area contributed by atoms with Gasteiger partial charge in [-0.15, -0.1) is 0 Å². The van der Waals surface area contributed by atoms with E-state index in [0.29, 0.717) is 64.0 Å². The molecule has 3 heterocycles. The van der Waals surface area contributed by atoms with Crippen LogP contribution >= 0.6 is 0 Å². The zero-order valence-corrected chi connectivity index (χ0v) is 13.5. The number of carbonyl (C=O) groups excluding carboxylic acids is 2. The minimum Gasteiger partial charge on any atom is -0.452 e. The lowest BCUT2D eigenvalue weighted by atomic mass is 10.2. The van der Waals surface area contributed by atoms with Gasteiger partial charge in [0.15, 0.2) is 6.61 Å². The summed E-state index contributed by atoms with van der Waals surface area (Å²) in [6.07, 6.45) is 1.64. The van der Waals surface area contributed by atoms with E-state index in [1.54, 1.807) is 23.2 Å². The molecule has 2 fully saturated rings. The first-order chi connectivity index (χ1) is 11.8. The van der Waals surface area contributed by atoms with Gasteiger partial charge < -0.3 is 24.0 Å². The molecular weight excluding hydrogens is 314 g/mol. The number of amides is 1. The van der Waals surface area contributed by atoms with Crippen LogP contribution in [0.25, 0.3) is 0 Å². The highest BCUT2D eigenvalue weighted by Crippen LogP contribution is 2.19. The molecule has 2 aliphatic rings. The maximum atomic E-state index is 12.4. The smallest absolute Gasteiger partial charge is 0.342 e. The van der Waals surface area contributed by atoms with Gasteiger partial charge in [-0.3, -0.25) is 4.79 Å². The molecule has 24 heavy (non-hydrogen) atoms. The van der Waals surface area contributed by atoms with Crippen LogP contribution in [0.2, 0.25) is 0 Å². The molecule has 0 atom stereocenters. The van der Waals surface area contributed by atoms with Crippen molar-refractivity contribution < 1.29 is 23.8 Å². The van der Waals surface area contributed by atoms with Crippen molar-refractivity contribution in [3.8, 4) is 0 Å². The molecule has 0 aliphatic carbocycles. The number of hydrogen-bond acceptors (Lipinski definition) is 7. The van der Waals surface area contributed by atoms with Crippen LogP contribution in [0, 0.1) is 0 Å². The summed E-state index contributed by atoms with van der Waals surface area (Å²) in [6.45, 7) is 4.36. The van der Waals surface area contributed by atoms with Gasteiger partial charge in [0.2, 0.25) is 0 Å². The molecule has 1 aromatic rings. The number of carbonyl (C=O) groups is 2. The number of aromatic nitrogens is 1. The molecule has 0 bridgehead atoms. The molecule has 8 nitrogen and oxygen atoms in total. The standard InChI is InChI=1S/C16H21N3O5/c20-14(18-4-8-22-9-5-18)12-24-16(21)13-2-1-3-17-15(13)19-6-10-23-11-7-19/h1-3H,4-12H2. The zero-order valence-electron chi connectivity index (χ0n) is 13.5. The molecule has 8 heteroatoms. The predicted molar refractivity (Wildman–Crippen MR) is 85.0 cm³/mol. The first-order valence-electron chi connectivity index (χ1n) is 8.06. The molecule has 0 saturated carbocycles. The summed E-state index contributed by atoms with van der Waals surface area (Å²) in [6, 6.07) is 3.35. The molecule has 0 unspecified atom stereocenters. The quantitative estimate of drug-likeness (QED) is 0.713. The average Bonchev–Trinajstić information content (AvgIpc) is 2.67. The van der Waals surface area contributed by atoms with Gasteiger partial charge in [-0.25, -0.2) is 9.78 Å². The Bertz CT molecular complexity index is 583. The second-order valence-electron chi connectivity index (χ2n) is 5.54. The summed E-state index contributed by atoms with van der Waals surface area (Å²) >= 11 is 0. The molecule has 0 N–H and O–H groups in total. The zero-order chi connectivity index (χ0) is 16.8. The van der Waals surface area contributed by atoms with Crippen molar-refractivity contribution >= 4 is 17.7 Å². The van der Waals surface area contributed by atoms with E-state index in [1.807, 2.05) is 4.90 Å². The van der Waals surface area contributed by atoms with Gasteiger partial charge in [0, 0.05) is 32.4 Å². The van der Waals surface area contributed by atoms with Gasteiger partial charge in [-0.1, -0.05) is 0 Å². The Balaban J connectivity index is 1.61. The molecule has 0 aromatic carbocycles. The van der Waals surface area contributed by atoms with Crippen molar-refractivity contribution in [1.82, 2.24) is 9.88 Å². The second kappa shape index (κ2) is 8.07. The fourth-order valence-electron chi connectivity index (χ4n) is 2.69. The fraction of sp³-hybridized carbons (Fsp3) is 0.562. The number of anilines is 1. The fourth-order valence-corrected chi connectivity index (χ4v) is 2.69. The third kappa shape index (κ3) is 4.01. The number of esters is 1. The van der Waals surface area contributed by atoms with Crippen LogP contribution in [-0.2, 0) is 19.0 Å². The van der Waals surface area contributed by atoms with E-state index >= 15 is 0 Å². The van der Waals surface area contributed by atoms with Crippen LogP contribution in [0.15, 0.2) is 18.3 Å². The van der Waals surface area contributed by atoms with Gasteiger partial charge in [0.1, 0.15) is 11.4 Å². The minimum absolute atomic E-state index is 0.205. The Labute approximate surface area is 140 Å². The van der Waals surface area contributed by atoms with E-state index in [0.717, 1.165) is 0 Å². The van der Waals surface area contributed by atoms with Crippen LogP contribution in [0.3, 0.4) is 0 Å². The highest BCUT2D eigenvalue weighted by Gasteiger charge is 2.23. The van der Waals surface area contributed by atoms with Crippen molar-refractivity contribution in [3.63, 3.8) is 0 Å². The lowest BCUT2D eigenvalue weighted by Crippen LogP contribution is -2.42. The number of nitrogens with zero attached hydrogens (tertiary/aromatic N) is 3. The van der Waals surface area contributed by atoms with Crippen LogP contribution in [0.4, 0.5) is 5.82 Å². The van der Waals surface area contributed by atoms with Crippen LogP contribution in [0.5, 0.6) is 0 Å². The summed E-state index contributed by atoms with van der Waals surface area (Å²) in [5.41, 5.74) is 0.370. The van der Waals surface area contributed by atoms with E-state index in [9.17, 15) is 9.59 Å². The van der Waals surface area contributed by atoms with Crippen molar-refractivity contribution in [2.24, 2.45) is 0 Å². The Morgan fingerprint density at radius 3 is 2.46 bits per heavy atom. The normalized spacial score (nSPS) is 18.3. The molecule has 0 spiro atoms. The Morgan fingerprint density at radius 2 is 1.75 bits per heavy atom. The lowest BCUT2D eigenvalue weighted by Gasteiger charge is -2.29. The van der Waals surface area contributed by atoms with E-state index in [1.165, 1.54) is 0 Å². The molecule has 3 rings (SSSR count). The van der Waals surface area contributed by atoms with E-state index in [4.69, 9.17) is 14.2 Å². The third-order valence-corrected chi connectivity index (χ3v) is 4.01. The minimum atomic E-state index is -0.536. The van der Waals surface area contributed by atoms with Crippen LogP contribution in [0.1, 0.15) is 10.4 Å². The topological polar surface area (TPSA) is 81.2 Å². The first kappa shape index (κ1) is 16.7. The highest BCUT2D eigenvalue weighted by molar-refractivity contribution is 5.96. The second-order valence-corrected chi connectivity index (χ2v) is 5.54. The SMILES string of the molecule is O=C(OCC(=O)N1CCOCC1)c1cccnc1N1CCOCC1. The molecule has 0 radical (unpaired) electrons. The maximum Gasteiger partial charge on any atom is 0.342 e. The Morgan fingerprint density at radius 1 is 1.08 bits per heavy atom. The highest BCUT2D eigenvalue weighted by atomic mass is 16.5. The summed E-state index contributed by atoms with van der Waals surface area (Å²) in [5, 5.41) is 0. The van der Waals surface area contributed by atoms with Crippen molar-refractivity contribution in [2.45, 2.75) is 0 Å². The third-order valence-electron chi connectivity index (χ3n) is 4.01. The van der Waals surface area contributed by atoms with Gasteiger partial charge >= 0.3 is 5.97 Å². The number of ether oxygens (including phenoxy) is 3. The van der Waals surface area contributed by atoms with Gasteiger partial charge in [-0.2, -0.15) is 0 Å². The largest absolute Gasteiger partial charge is 0.452 e. The summed E-state index contributed by atoms with van der Waals surface area (Å²) in [5.74, 6) is -0.167. The van der Waals surface area contributed by atoms with Crippen molar-refractivity contribution in [1.29, 1.82) is 0 Å². The van der Waals surface area contributed by atoms with Crippen LogP contribution in [-0.4, -0.2) is 81.0 Å². The summed E-state index contributed by atoms with van der Waals surface area (Å²) in [7, 11) is 0. The van der Waals surface area contributed by atoms with Gasteiger partial charge in [0.25, 0.3) is 5.91 Å². The summed E-state index contributed by atoms with van der Waals surface area (Å²) in [4.78, 5) is 32.4. The molecular formula is C16H21N3O5. The Hall–Kier alpha value is -2.19. The first-order valence-corrected chi connectivity index (χ1v) is 8.06. The van der Waals surface area contributed by atoms with E-state index in [2.05, 4.69) is 4.98 Å². The predicted octanol–water partition coefficient (Wildman–Crippen LogP) is -0.0662. The summed E-state index contributed by atoms with van der Waals surface area (Å²) < 4.78 is 15.7. The van der Waals surface area contributed by atoms with Gasteiger partial charge in [0.05, 0.1) is 26.4 Å². The number of rotatable bonds is 4. The number of morpholine rings is 2. The molecule has 130 valence electrons. The monoisotopic (exact) mass is 335 g/mol. The molecule has 2 aliphatic heterocycles.